The predicted molar refractivity (Wildman–Crippen MR) is 140 cm³/mol. The first-order valence-corrected chi connectivity index (χ1v) is 14.1. The van der Waals surface area contributed by atoms with Gasteiger partial charge in [0.1, 0.15) is 5.82 Å². The second kappa shape index (κ2) is 10.6. The summed E-state index contributed by atoms with van der Waals surface area (Å²) in [5.74, 6) is 0.724. The third-order valence-corrected chi connectivity index (χ3v) is 9.10. The number of nitrogens with zero attached hydrogens (tertiary/aromatic N) is 4. The van der Waals surface area contributed by atoms with Crippen molar-refractivity contribution in [3.63, 3.8) is 0 Å². The van der Waals surface area contributed by atoms with Gasteiger partial charge in [0.25, 0.3) is 5.56 Å². The number of unbranched alkanes of at least 4 members (excludes halogenated alkanes) is 1. The van der Waals surface area contributed by atoms with Crippen LogP contribution in [0, 0.1) is 0 Å². The number of hydrogen-bond acceptors (Lipinski definition) is 5. The second-order valence-electron chi connectivity index (χ2n) is 9.42. The average Bonchev–Trinajstić information content (AvgIpc) is 2.87. The molecule has 1 saturated heterocycles. The van der Waals surface area contributed by atoms with Gasteiger partial charge in [-0.25, -0.2) is 13.4 Å². The Morgan fingerprint density at radius 3 is 2.43 bits per heavy atom. The summed E-state index contributed by atoms with van der Waals surface area (Å²) in [6.45, 7) is 10.2. The van der Waals surface area contributed by atoms with Crippen molar-refractivity contribution in [3.05, 3.63) is 70.3 Å². The fourth-order valence-electron chi connectivity index (χ4n) is 5.00. The molecule has 8 heteroatoms. The van der Waals surface area contributed by atoms with Gasteiger partial charge in [-0.2, -0.15) is 4.31 Å². The van der Waals surface area contributed by atoms with Crippen molar-refractivity contribution < 1.29 is 8.42 Å². The lowest BCUT2D eigenvalue weighted by Gasteiger charge is -2.41. The van der Waals surface area contributed by atoms with E-state index >= 15 is 0 Å². The Hall–Kier alpha value is -2.55. The first-order valence-electron chi connectivity index (χ1n) is 12.6. The highest BCUT2D eigenvalue weighted by Crippen LogP contribution is 2.27. The maximum Gasteiger partial charge on any atom is 0.261 e. The molecule has 1 fully saturated rings. The summed E-state index contributed by atoms with van der Waals surface area (Å²) in [5, 5.41) is 0.621. The van der Waals surface area contributed by atoms with Crippen molar-refractivity contribution in [2.75, 3.05) is 19.6 Å². The maximum atomic E-state index is 13.4. The second-order valence-corrected chi connectivity index (χ2v) is 11.3. The molecule has 7 nitrogen and oxygen atoms in total. The van der Waals surface area contributed by atoms with Crippen LogP contribution in [0.3, 0.4) is 0 Å². The molecule has 0 N–H and O–H groups in total. The van der Waals surface area contributed by atoms with Crippen LogP contribution in [0.1, 0.15) is 58.0 Å². The van der Waals surface area contributed by atoms with Crippen LogP contribution < -0.4 is 5.56 Å². The molecule has 188 valence electrons. The van der Waals surface area contributed by atoms with E-state index in [2.05, 4.69) is 18.7 Å². The van der Waals surface area contributed by atoms with Crippen molar-refractivity contribution in [2.45, 2.75) is 70.5 Å². The summed E-state index contributed by atoms with van der Waals surface area (Å²) in [6.07, 6.45) is 3.18. The number of rotatable bonds is 8. The first kappa shape index (κ1) is 25.5. The van der Waals surface area contributed by atoms with Crippen molar-refractivity contribution in [2.24, 2.45) is 0 Å². The van der Waals surface area contributed by atoms with E-state index in [4.69, 9.17) is 4.98 Å². The Balaban J connectivity index is 1.53. The molecule has 2 heterocycles. The van der Waals surface area contributed by atoms with Gasteiger partial charge in [0.2, 0.25) is 10.0 Å². The molecule has 2 atom stereocenters. The number of benzene rings is 2. The monoisotopic (exact) mass is 496 g/mol. The molecule has 1 aliphatic heterocycles. The molecule has 1 aromatic heterocycles. The Morgan fingerprint density at radius 1 is 1.06 bits per heavy atom. The SMILES string of the molecule is CCCCc1ccc(S(=O)(=O)N2CCN(C(C)c3nc4ccccc4c(=O)n3CC)CC2C)cc1. The number of aryl methyl sites for hydroxylation is 1. The Labute approximate surface area is 208 Å². The normalized spacial score (nSPS) is 18.7. The number of fused-ring (bicyclic) bond motifs is 1. The largest absolute Gasteiger partial charge is 0.295 e. The molecule has 0 amide bonds. The standard InChI is InChI=1S/C27H36N4O3S/c1-5-7-10-22-13-15-23(16-14-22)35(33,34)31-18-17-29(19-20(31)3)21(4)26-28-25-12-9-8-11-24(25)27(32)30(26)6-2/h8-9,11-16,20-21H,5-7,10,17-19H2,1-4H3. The van der Waals surface area contributed by atoms with Gasteiger partial charge in [-0.1, -0.05) is 37.6 Å². The van der Waals surface area contributed by atoms with Gasteiger partial charge in [-0.15, -0.1) is 0 Å². The first-order chi connectivity index (χ1) is 16.8. The fraction of sp³-hybridized carbons (Fsp3) is 0.481. The van der Waals surface area contributed by atoms with Gasteiger partial charge in [0.05, 0.1) is 21.8 Å². The summed E-state index contributed by atoms with van der Waals surface area (Å²) in [5.41, 5.74) is 1.83. The molecule has 35 heavy (non-hydrogen) atoms. The van der Waals surface area contributed by atoms with Crippen LogP contribution in [-0.2, 0) is 23.0 Å². The van der Waals surface area contributed by atoms with Crippen LogP contribution in [0.15, 0.2) is 58.2 Å². The number of sulfonamides is 1. The average molecular weight is 497 g/mol. The summed E-state index contributed by atoms with van der Waals surface area (Å²) in [7, 11) is -3.57. The van der Waals surface area contributed by atoms with Crippen molar-refractivity contribution in [1.29, 1.82) is 0 Å². The highest BCUT2D eigenvalue weighted by molar-refractivity contribution is 7.89. The molecule has 1 aliphatic rings. The fourth-order valence-corrected chi connectivity index (χ4v) is 6.61. The lowest BCUT2D eigenvalue weighted by Crippen LogP contribution is -2.54. The molecule has 2 aromatic carbocycles. The quantitative estimate of drug-likeness (QED) is 0.467. The van der Waals surface area contributed by atoms with Gasteiger partial charge in [0, 0.05) is 32.2 Å². The van der Waals surface area contributed by atoms with Gasteiger partial charge in [-0.3, -0.25) is 14.3 Å². The van der Waals surface area contributed by atoms with E-state index in [0.29, 0.717) is 42.0 Å². The number of aromatic nitrogens is 2. The molecular formula is C27H36N4O3S. The minimum absolute atomic E-state index is 0.0309. The lowest BCUT2D eigenvalue weighted by atomic mass is 10.1. The van der Waals surface area contributed by atoms with E-state index in [-0.39, 0.29) is 17.6 Å². The third kappa shape index (κ3) is 5.06. The van der Waals surface area contributed by atoms with Crippen LogP contribution in [0.5, 0.6) is 0 Å². The van der Waals surface area contributed by atoms with Crippen LogP contribution in [0.4, 0.5) is 0 Å². The maximum absolute atomic E-state index is 13.4. The highest BCUT2D eigenvalue weighted by atomic mass is 32.2. The Morgan fingerprint density at radius 2 is 1.77 bits per heavy atom. The van der Waals surface area contributed by atoms with Gasteiger partial charge in [-0.05, 0) is 63.4 Å². The predicted octanol–water partition coefficient (Wildman–Crippen LogP) is 4.22. The number of hydrogen-bond donors (Lipinski definition) is 0. The van der Waals surface area contributed by atoms with Gasteiger partial charge < -0.3 is 0 Å². The van der Waals surface area contributed by atoms with E-state index in [1.54, 1.807) is 21.0 Å². The van der Waals surface area contributed by atoms with Crippen LogP contribution in [0.25, 0.3) is 10.9 Å². The summed E-state index contributed by atoms with van der Waals surface area (Å²) >= 11 is 0. The molecule has 2 unspecified atom stereocenters. The molecule has 0 saturated carbocycles. The number of piperazine rings is 1. The van der Waals surface area contributed by atoms with Crippen LogP contribution >= 0.6 is 0 Å². The van der Waals surface area contributed by atoms with Crippen molar-refractivity contribution >= 4 is 20.9 Å². The van der Waals surface area contributed by atoms with Crippen molar-refractivity contribution in [1.82, 2.24) is 18.8 Å². The summed E-state index contributed by atoms with van der Waals surface area (Å²) < 4.78 is 30.2. The van der Waals surface area contributed by atoms with Gasteiger partial charge >= 0.3 is 0 Å². The van der Waals surface area contributed by atoms with E-state index in [9.17, 15) is 13.2 Å². The third-order valence-electron chi connectivity index (χ3n) is 7.08. The lowest BCUT2D eigenvalue weighted by molar-refractivity contribution is 0.103. The minimum Gasteiger partial charge on any atom is -0.295 e. The van der Waals surface area contributed by atoms with Gasteiger partial charge in [0.15, 0.2) is 0 Å². The molecule has 0 bridgehead atoms. The molecular weight excluding hydrogens is 460 g/mol. The van der Waals surface area contributed by atoms with E-state index < -0.39 is 10.0 Å². The molecule has 0 aliphatic carbocycles. The Kier molecular flexibility index (Phi) is 7.73. The summed E-state index contributed by atoms with van der Waals surface area (Å²) in [4.78, 5) is 20.5. The van der Waals surface area contributed by atoms with E-state index in [1.807, 2.05) is 50.2 Å². The molecule has 3 aromatic rings. The Bertz CT molecular complexity index is 1330. The smallest absolute Gasteiger partial charge is 0.261 e. The van der Waals surface area contributed by atoms with Crippen LogP contribution in [0.2, 0.25) is 0 Å². The zero-order chi connectivity index (χ0) is 25.2. The molecule has 4 rings (SSSR count). The highest BCUT2D eigenvalue weighted by Gasteiger charge is 2.36. The minimum atomic E-state index is -3.57. The topological polar surface area (TPSA) is 75.5 Å². The summed E-state index contributed by atoms with van der Waals surface area (Å²) in [6, 6.07) is 14.5. The molecule has 0 spiro atoms. The van der Waals surface area contributed by atoms with E-state index in [1.165, 1.54) is 5.56 Å². The zero-order valence-electron chi connectivity index (χ0n) is 21.1. The molecule has 0 radical (unpaired) electrons. The number of para-hydroxylation sites is 1. The zero-order valence-corrected chi connectivity index (χ0v) is 22.0. The van der Waals surface area contributed by atoms with Crippen LogP contribution in [-0.4, -0.2) is 52.9 Å². The van der Waals surface area contributed by atoms with Crippen molar-refractivity contribution in [3.8, 4) is 0 Å². The van der Waals surface area contributed by atoms with E-state index in [0.717, 1.165) is 25.1 Å².